The summed E-state index contributed by atoms with van der Waals surface area (Å²) < 4.78 is 0. The first-order chi connectivity index (χ1) is 11.0. The van der Waals surface area contributed by atoms with Gasteiger partial charge in [-0.05, 0) is 67.8 Å². The maximum absolute atomic E-state index is 11.8. The Bertz CT molecular complexity index is 575. The Morgan fingerprint density at radius 2 is 2.09 bits per heavy atom. The second-order valence-corrected chi connectivity index (χ2v) is 8.36. The van der Waals surface area contributed by atoms with Crippen molar-refractivity contribution in [1.29, 1.82) is 0 Å². The van der Waals surface area contributed by atoms with E-state index in [1.807, 2.05) is 12.2 Å². The first kappa shape index (κ1) is 15.6. The molecule has 126 valence electrons. The van der Waals surface area contributed by atoms with Gasteiger partial charge in [-0.25, -0.2) is 0 Å². The van der Waals surface area contributed by atoms with E-state index in [2.05, 4.69) is 6.92 Å². The smallest absolute Gasteiger partial charge is 0.158 e. The van der Waals surface area contributed by atoms with Crippen molar-refractivity contribution >= 4 is 5.78 Å². The van der Waals surface area contributed by atoms with E-state index in [9.17, 15) is 15.0 Å². The summed E-state index contributed by atoms with van der Waals surface area (Å²) in [7, 11) is 0. The van der Waals surface area contributed by atoms with Gasteiger partial charge < -0.3 is 10.2 Å². The van der Waals surface area contributed by atoms with Crippen molar-refractivity contribution in [3.05, 3.63) is 23.3 Å². The molecule has 4 rings (SSSR count). The molecule has 23 heavy (non-hydrogen) atoms. The molecule has 0 radical (unpaired) electrons. The topological polar surface area (TPSA) is 57.5 Å². The minimum Gasteiger partial charge on any atom is -0.392 e. The predicted molar refractivity (Wildman–Crippen MR) is 88.7 cm³/mol. The van der Waals surface area contributed by atoms with E-state index in [0.29, 0.717) is 24.2 Å². The zero-order chi connectivity index (χ0) is 16.2. The summed E-state index contributed by atoms with van der Waals surface area (Å²) in [5.41, 5.74) is 2.94. The van der Waals surface area contributed by atoms with Crippen LogP contribution >= 0.6 is 0 Å². The molecule has 4 aliphatic rings. The fourth-order valence-electron chi connectivity index (χ4n) is 6.55. The van der Waals surface area contributed by atoms with Crippen molar-refractivity contribution in [1.82, 2.24) is 0 Å². The molecular weight excluding hydrogens is 288 g/mol. The van der Waals surface area contributed by atoms with Crippen LogP contribution < -0.4 is 0 Å². The van der Waals surface area contributed by atoms with Crippen LogP contribution in [0.3, 0.4) is 0 Å². The van der Waals surface area contributed by atoms with Crippen LogP contribution in [0.15, 0.2) is 23.3 Å². The van der Waals surface area contributed by atoms with Crippen LogP contribution in [0.1, 0.15) is 51.9 Å². The van der Waals surface area contributed by atoms with Crippen LogP contribution in [-0.2, 0) is 4.79 Å². The van der Waals surface area contributed by atoms with E-state index in [-0.39, 0.29) is 23.7 Å². The first-order valence-corrected chi connectivity index (χ1v) is 9.26. The van der Waals surface area contributed by atoms with Crippen molar-refractivity contribution in [2.45, 2.75) is 58.0 Å². The lowest BCUT2D eigenvalue weighted by molar-refractivity contribution is -0.119. The van der Waals surface area contributed by atoms with Gasteiger partial charge in [-0.1, -0.05) is 24.1 Å². The summed E-state index contributed by atoms with van der Waals surface area (Å²) in [6.45, 7) is 2.55. The number of carbonyl (C=O) groups is 1. The Morgan fingerprint density at radius 1 is 1.26 bits per heavy atom. The molecule has 3 nitrogen and oxygen atoms in total. The van der Waals surface area contributed by atoms with Gasteiger partial charge >= 0.3 is 0 Å². The molecule has 2 N–H and O–H groups in total. The highest BCUT2D eigenvalue weighted by molar-refractivity contribution is 5.92. The van der Waals surface area contributed by atoms with Gasteiger partial charge in [0.05, 0.1) is 12.7 Å². The number of ketones is 1. The standard InChI is InChI=1S/C20H28O3/c1-20-8-6-16-15(17(20)5-3-13(20)7-9-21)4-2-12-10-14(22)11-18(23)19(12)16/h7,10,15-19,21,23H,2-6,8-9,11H2,1H3/b13-7-/t15-,16+,17+,18?,19+,20-/m1/s1. The molecule has 0 aromatic carbocycles. The third kappa shape index (κ3) is 2.27. The van der Waals surface area contributed by atoms with E-state index in [4.69, 9.17) is 0 Å². The van der Waals surface area contributed by atoms with E-state index >= 15 is 0 Å². The fourth-order valence-corrected chi connectivity index (χ4v) is 6.55. The average molecular weight is 316 g/mol. The van der Waals surface area contributed by atoms with Gasteiger partial charge in [0.1, 0.15) is 0 Å². The van der Waals surface area contributed by atoms with Crippen molar-refractivity contribution in [3.63, 3.8) is 0 Å². The number of rotatable bonds is 1. The second-order valence-electron chi connectivity index (χ2n) is 8.36. The van der Waals surface area contributed by atoms with E-state index in [0.717, 1.165) is 25.7 Å². The molecule has 0 spiro atoms. The summed E-state index contributed by atoms with van der Waals surface area (Å²) in [6.07, 6.45) is 10.5. The van der Waals surface area contributed by atoms with Gasteiger partial charge in [-0.2, -0.15) is 0 Å². The first-order valence-electron chi connectivity index (χ1n) is 9.26. The zero-order valence-corrected chi connectivity index (χ0v) is 14.0. The lowest BCUT2D eigenvalue weighted by Crippen LogP contribution is -2.48. The van der Waals surface area contributed by atoms with Gasteiger partial charge in [0.15, 0.2) is 5.78 Å². The number of hydrogen-bond donors (Lipinski definition) is 2. The Labute approximate surface area is 138 Å². The molecule has 0 bridgehead atoms. The molecule has 0 heterocycles. The van der Waals surface area contributed by atoms with E-state index in [1.165, 1.54) is 24.0 Å². The van der Waals surface area contributed by atoms with Gasteiger partial charge in [0.25, 0.3) is 0 Å². The number of allylic oxidation sites excluding steroid dienone is 1. The van der Waals surface area contributed by atoms with Crippen LogP contribution in [0.4, 0.5) is 0 Å². The van der Waals surface area contributed by atoms with Crippen molar-refractivity contribution in [3.8, 4) is 0 Å². The van der Waals surface area contributed by atoms with Gasteiger partial charge in [-0.3, -0.25) is 4.79 Å². The molecule has 0 amide bonds. The number of aliphatic hydroxyl groups is 2. The highest BCUT2D eigenvalue weighted by Crippen LogP contribution is 2.63. The lowest BCUT2D eigenvalue weighted by Gasteiger charge is -2.53. The second kappa shape index (κ2) is 5.56. The largest absolute Gasteiger partial charge is 0.392 e. The average Bonchev–Trinajstić information content (AvgIpc) is 2.84. The van der Waals surface area contributed by atoms with Crippen LogP contribution in [0.5, 0.6) is 0 Å². The lowest BCUT2D eigenvalue weighted by atomic mass is 9.51. The fraction of sp³-hybridized carbons (Fsp3) is 0.750. The Balaban J connectivity index is 1.64. The molecular formula is C20H28O3. The quantitative estimate of drug-likeness (QED) is 0.731. The molecule has 0 saturated heterocycles. The van der Waals surface area contributed by atoms with Crippen LogP contribution in [0.2, 0.25) is 0 Å². The van der Waals surface area contributed by atoms with Crippen LogP contribution in [0.25, 0.3) is 0 Å². The summed E-state index contributed by atoms with van der Waals surface area (Å²) in [6, 6.07) is 0. The van der Waals surface area contributed by atoms with Crippen molar-refractivity contribution in [2.75, 3.05) is 6.61 Å². The third-order valence-electron chi connectivity index (χ3n) is 7.51. The zero-order valence-electron chi connectivity index (χ0n) is 14.0. The van der Waals surface area contributed by atoms with Crippen molar-refractivity contribution < 1.29 is 15.0 Å². The van der Waals surface area contributed by atoms with Crippen LogP contribution in [0, 0.1) is 29.1 Å². The molecule has 0 aliphatic heterocycles. The summed E-state index contributed by atoms with van der Waals surface area (Å²) >= 11 is 0. The highest BCUT2D eigenvalue weighted by atomic mass is 16.3. The molecule has 0 aromatic heterocycles. The third-order valence-corrected chi connectivity index (χ3v) is 7.51. The predicted octanol–water partition coefficient (Wildman–Crippen LogP) is 3.02. The molecule has 3 fully saturated rings. The van der Waals surface area contributed by atoms with Crippen LogP contribution in [-0.4, -0.2) is 28.7 Å². The maximum Gasteiger partial charge on any atom is 0.158 e. The number of carbonyl (C=O) groups excluding carboxylic acids is 1. The number of fused-ring (bicyclic) bond motifs is 5. The summed E-state index contributed by atoms with van der Waals surface area (Å²) in [5.74, 6) is 2.23. The van der Waals surface area contributed by atoms with E-state index in [1.54, 1.807) is 0 Å². The number of hydrogen-bond acceptors (Lipinski definition) is 3. The summed E-state index contributed by atoms with van der Waals surface area (Å²) in [5, 5.41) is 19.9. The maximum atomic E-state index is 11.8. The molecule has 3 saturated carbocycles. The molecule has 6 atom stereocenters. The number of aliphatic hydroxyl groups excluding tert-OH is 2. The van der Waals surface area contributed by atoms with Gasteiger partial charge in [0, 0.05) is 12.3 Å². The molecule has 1 unspecified atom stereocenters. The molecule has 0 aromatic rings. The highest BCUT2D eigenvalue weighted by Gasteiger charge is 2.55. The minimum atomic E-state index is -0.464. The van der Waals surface area contributed by atoms with Gasteiger partial charge in [0.2, 0.25) is 0 Å². The van der Waals surface area contributed by atoms with Gasteiger partial charge in [-0.15, -0.1) is 0 Å². The Morgan fingerprint density at radius 3 is 2.87 bits per heavy atom. The van der Waals surface area contributed by atoms with Crippen molar-refractivity contribution in [2.24, 2.45) is 29.1 Å². The van der Waals surface area contributed by atoms with E-state index < -0.39 is 6.10 Å². The molecule has 4 aliphatic carbocycles. The Hall–Kier alpha value is -0.930. The Kier molecular flexibility index (Phi) is 3.77. The monoisotopic (exact) mass is 316 g/mol. The molecule has 3 heteroatoms. The normalized spacial score (nSPS) is 47.8. The SMILES string of the molecule is C[C@]12CC[C@H]3[C@@H](CCC4=CC(=O)CC(O)[C@@H]43)[C@@H]1CC/C2=C/CO. The minimum absolute atomic E-state index is 0.108. The summed E-state index contributed by atoms with van der Waals surface area (Å²) in [4.78, 5) is 11.8.